The maximum Gasteiger partial charge on any atom is 0.119 e. The summed E-state index contributed by atoms with van der Waals surface area (Å²) >= 11 is 6.22. The van der Waals surface area contributed by atoms with E-state index in [0.29, 0.717) is 12.5 Å². The molecule has 0 unspecified atom stereocenters. The highest BCUT2D eigenvalue weighted by atomic mass is 35.5. The number of alkyl halides is 1. The molecule has 0 aliphatic carbocycles. The minimum atomic E-state index is 0.549. The van der Waals surface area contributed by atoms with Gasteiger partial charge >= 0.3 is 0 Å². The molecule has 2 nitrogen and oxygen atoms in total. The molecular formula is C27H32ClNO. The van der Waals surface area contributed by atoms with Crippen molar-refractivity contribution in [1.82, 2.24) is 4.90 Å². The Morgan fingerprint density at radius 3 is 2.30 bits per heavy atom. The Labute approximate surface area is 186 Å². The van der Waals surface area contributed by atoms with E-state index >= 15 is 0 Å². The van der Waals surface area contributed by atoms with Gasteiger partial charge in [-0.05, 0) is 67.4 Å². The molecule has 2 rings (SSSR count). The van der Waals surface area contributed by atoms with Crippen LogP contribution < -0.4 is 4.74 Å². The second-order valence-corrected chi connectivity index (χ2v) is 7.56. The van der Waals surface area contributed by atoms with Crippen LogP contribution in [0, 0.1) is 0 Å². The average Bonchev–Trinajstić information content (AvgIpc) is 2.76. The number of halogens is 1. The molecule has 2 aromatic rings. The molecule has 0 aromatic heterocycles. The number of likely N-dealkylation sites (N-methyl/N-ethyl adjacent to an activating group) is 1. The standard InChI is InChI=1S/C27H32ClNO/c1-5-7-11-22(6-2)27(26(18-19-28)23-12-9-8-10-13-23)24-14-16-25(17-15-24)30-21-20-29(3)4/h5-17H,2,18-21H2,1,3-4H3/b7-5-,22-11+,27-26-. The Kier molecular flexibility index (Phi) is 10.2. The lowest BCUT2D eigenvalue weighted by molar-refractivity contribution is 0.261. The number of benzene rings is 2. The van der Waals surface area contributed by atoms with Crippen molar-refractivity contribution < 1.29 is 4.74 Å². The summed E-state index contributed by atoms with van der Waals surface area (Å²) in [6, 6.07) is 18.7. The largest absolute Gasteiger partial charge is 0.492 e. The van der Waals surface area contributed by atoms with Gasteiger partial charge in [-0.2, -0.15) is 0 Å². The molecule has 0 saturated heterocycles. The SMILES string of the molecule is C=CC(=C\C=C/C)/C(=C(\CCCl)c1ccccc1)c1ccc(OCCN(C)C)cc1. The van der Waals surface area contributed by atoms with Crippen LogP contribution in [0.15, 0.2) is 91.1 Å². The van der Waals surface area contributed by atoms with Gasteiger partial charge in [0.05, 0.1) is 0 Å². The zero-order valence-electron chi connectivity index (χ0n) is 18.3. The van der Waals surface area contributed by atoms with Crippen molar-refractivity contribution >= 4 is 22.7 Å². The fraction of sp³-hybridized carbons (Fsp3) is 0.259. The fourth-order valence-electron chi connectivity index (χ4n) is 3.18. The second-order valence-electron chi connectivity index (χ2n) is 7.19. The van der Waals surface area contributed by atoms with E-state index in [1.807, 2.05) is 57.4 Å². The molecule has 0 amide bonds. The van der Waals surface area contributed by atoms with Crippen molar-refractivity contribution in [2.24, 2.45) is 0 Å². The first-order valence-corrected chi connectivity index (χ1v) is 10.8. The molecular weight excluding hydrogens is 390 g/mol. The van der Waals surface area contributed by atoms with Gasteiger partial charge in [-0.1, -0.05) is 73.3 Å². The van der Waals surface area contributed by atoms with Gasteiger partial charge in [0.2, 0.25) is 0 Å². The predicted molar refractivity (Wildman–Crippen MR) is 132 cm³/mol. The molecule has 158 valence electrons. The lowest BCUT2D eigenvalue weighted by Crippen LogP contribution is -2.19. The second kappa shape index (κ2) is 12.9. The molecule has 0 radical (unpaired) electrons. The van der Waals surface area contributed by atoms with Gasteiger partial charge in [-0.15, -0.1) is 11.6 Å². The van der Waals surface area contributed by atoms with Gasteiger partial charge in [-0.25, -0.2) is 0 Å². The Bertz CT molecular complexity index is 877. The van der Waals surface area contributed by atoms with Crippen molar-refractivity contribution in [3.05, 3.63) is 102 Å². The van der Waals surface area contributed by atoms with Crippen LogP contribution in [0.5, 0.6) is 5.75 Å². The fourth-order valence-corrected chi connectivity index (χ4v) is 3.37. The van der Waals surface area contributed by atoms with Gasteiger partial charge in [0.15, 0.2) is 0 Å². The van der Waals surface area contributed by atoms with E-state index in [1.165, 1.54) is 11.1 Å². The van der Waals surface area contributed by atoms with Crippen molar-refractivity contribution in [2.75, 3.05) is 33.1 Å². The van der Waals surface area contributed by atoms with Crippen LogP contribution in [0.3, 0.4) is 0 Å². The highest BCUT2D eigenvalue weighted by Gasteiger charge is 2.14. The number of hydrogen-bond acceptors (Lipinski definition) is 2. The summed E-state index contributed by atoms with van der Waals surface area (Å²) in [6.45, 7) is 7.63. The first-order chi connectivity index (χ1) is 14.6. The summed E-state index contributed by atoms with van der Waals surface area (Å²) < 4.78 is 5.87. The van der Waals surface area contributed by atoms with Crippen LogP contribution in [0.2, 0.25) is 0 Å². The van der Waals surface area contributed by atoms with E-state index in [1.54, 1.807) is 0 Å². The molecule has 0 N–H and O–H groups in total. The third kappa shape index (κ3) is 7.05. The smallest absolute Gasteiger partial charge is 0.119 e. The molecule has 30 heavy (non-hydrogen) atoms. The number of allylic oxidation sites excluding steroid dienone is 7. The lowest BCUT2D eigenvalue weighted by Gasteiger charge is -2.18. The van der Waals surface area contributed by atoms with Crippen molar-refractivity contribution in [3.8, 4) is 5.75 Å². The van der Waals surface area contributed by atoms with Gasteiger partial charge in [-0.3, -0.25) is 0 Å². The lowest BCUT2D eigenvalue weighted by atomic mass is 9.87. The molecule has 0 saturated carbocycles. The number of nitrogens with zero attached hydrogens (tertiary/aromatic N) is 1. The summed E-state index contributed by atoms with van der Waals surface area (Å²) in [7, 11) is 4.08. The van der Waals surface area contributed by atoms with E-state index in [2.05, 4.69) is 54.0 Å². The van der Waals surface area contributed by atoms with Crippen LogP contribution in [0.25, 0.3) is 11.1 Å². The van der Waals surface area contributed by atoms with Crippen LogP contribution >= 0.6 is 11.6 Å². The summed E-state index contributed by atoms with van der Waals surface area (Å²) in [5.74, 6) is 1.42. The molecule has 0 fully saturated rings. The molecule has 0 aliphatic rings. The van der Waals surface area contributed by atoms with Crippen molar-refractivity contribution in [3.63, 3.8) is 0 Å². The average molecular weight is 422 g/mol. The van der Waals surface area contributed by atoms with Crippen molar-refractivity contribution in [2.45, 2.75) is 13.3 Å². The van der Waals surface area contributed by atoms with E-state index in [-0.39, 0.29) is 0 Å². The number of ether oxygens (including phenoxy) is 1. The minimum absolute atomic E-state index is 0.549. The summed E-state index contributed by atoms with van der Waals surface area (Å²) in [5, 5.41) is 0. The normalized spacial score (nSPS) is 12.9. The molecule has 0 bridgehead atoms. The number of hydrogen-bond donors (Lipinski definition) is 0. The van der Waals surface area contributed by atoms with Gasteiger partial charge in [0, 0.05) is 12.4 Å². The Morgan fingerprint density at radius 2 is 1.73 bits per heavy atom. The third-order valence-corrected chi connectivity index (χ3v) is 4.88. The molecule has 0 spiro atoms. The quantitative estimate of drug-likeness (QED) is 0.223. The first-order valence-electron chi connectivity index (χ1n) is 10.3. The monoisotopic (exact) mass is 421 g/mol. The molecule has 3 heteroatoms. The van der Waals surface area contributed by atoms with Gasteiger partial charge in [0.25, 0.3) is 0 Å². The highest BCUT2D eigenvalue weighted by molar-refractivity contribution is 6.18. The van der Waals surface area contributed by atoms with Crippen LogP contribution in [0.4, 0.5) is 0 Å². The summed E-state index contributed by atoms with van der Waals surface area (Å²) in [4.78, 5) is 2.11. The van der Waals surface area contributed by atoms with Gasteiger partial charge < -0.3 is 9.64 Å². The summed E-state index contributed by atoms with van der Waals surface area (Å²) in [5.41, 5.74) is 5.72. The van der Waals surface area contributed by atoms with E-state index in [9.17, 15) is 0 Å². The highest BCUT2D eigenvalue weighted by Crippen LogP contribution is 2.36. The van der Waals surface area contributed by atoms with Gasteiger partial charge in [0.1, 0.15) is 12.4 Å². The van der Waals surface area contributed by atoms with E-state index in [4.69, 9.17) is 16.3 Å². The zero-order valence-corrected chi connectivity index (χ0v) is 19.0. The number of rotatable bonds is 11. The van der Waals surface area contributed by atoms with Crippen molar-refractivity contribution in [1.29, 1.82) is 0 Å². The molecule has 0 heterocycles. The first kappa shape index (κ1) is 23.7. The van der Waals surface area contributed by atoms with E-state index < -0.39 is 0 Å². The Balaban J connectivity index is 2.54. The van der Waals surface area contributed by atoms with Crippen LogP contribution in [0.1, 0.15) is 24.5 Å². The maximum absolute atomic E-state index is 6.22. The zero-order chi connectivity index (χ0) is 21.8. The Hall–Kier alpha value is -2.55. The molecule has 2 aromatic carbocycles. The van der Waals surface area contributed by atoms with Crippen LogP contribution in [-0.4, -0.2) is 38.0 Å². The maximum atomic E-state index is 6.22. The predicted octanol–water partition coefficient (Wildman–Crippen LogP) is 6.86. The Morgan fingerprint density at radius 1 is 1.03 bits per heavy atom. The summed E-state index contributed by atoms with van der Waals surface area (Å²) in [6.07, 6.45) is 8.84. The minimum Gasteiger partial charge on any atom is -0.492 e. The van der Waals surface area contributed by atoms with E-state index in [0.717, 1.165) is 35.4 Å². The third-order valence-electron chi connectivity index (χ3n) is 4.70. The molecule has 0 aliphatic heterocycles. The topological polar surface area (TPSA) is 12.5 Å². The van der Waals surface area contributed by atoms with Crippen LogP contribution in [-0.2, 0) is 0 Å². The molecule has 0 atom stereocenters.